The first-order chi connectivity index (χ1) is 19.5. The van der Waals surface area contributed by atoms with Gasteiger partial charge in [-0.25, -0.2) is 4.98 Å². The van der Waals surface area contributed by atoms with Gasteiger partial charge in [0.05, 0.1) is 37.9 Å². The van der Waals surface area contributed by atoms with Gasteiger partial charge >= 0.3 is 0 Å². The molecule has 2 aromatic rings. The molecule has 0 fully saturated rings. The molecule has 7 heteroatoms. The largest absolute Gasteiger partial charge is 0.496 e. The lowest BCUT2D eigenvalue weighted by Crippen LogP contribution is -2.25. The Kier molecular flexibility index (Phi) is 27.6. The number of thiazole rings is 1. The van der Waals surface area contributed by atoms with Gasteiger partial charge < -0.3 is 24.8 Å². The first-order valence-electron chi connectivity index (χ1n) is 14.8. The molecule has 0 bridgehead atoms. The Hall–Kier alpha value is -2.61. The van der Waals surface area contributed by atoms with Crippen molar-refractivity contribution in [3.8, 4) is 0 Å². The fourth-order valence-electron chi connectivity index (χ4n) is 3.34. The van der Waals surface area contributed by atoms with Crippen molar-refractivity contribution in [1.29, 1.82) is 0 Å². The summed E-state index contributed by atoms with van der Waals surface area (Å²) in [6, 6.07) is 8.05. The zero-order valence-electron chi connectivity index (χ0n) is 26.8. The maximum atomic E-state index is 6.00. The monoisotopic (exact) mass is 575 g/mol. The molecule has 228 valence electrons. The third-order valence-electron chi connectivity index (χ3n) is 5.01. The highest BCUT2D eigenvalue weighted by molar-refractivity contribution is 7.13. The molecule has 0 amide bonds. The van der Waals surface area contributed by atoms with E-state index in [1.807, 2.05) is 72.7 Å². The molecule has 0 saturated heterocycles. The number of ether oxygens (including phenoxy) is 3. The van der Waals surface area contributed by atoms with Crippen LogP contribution in [0.3, 0.4) is 0 Å². The minimum absolute atomic E-state index is 0.467. The highest BCUT2D eigenvalue weighted by Crippen LogP contribution is 2.25. The van der Waals surface area contributed by atoms with Gasteiger partial charge in [-0.2, -0.15) is 0 Å². The third kappa shape index (κ3) is 18.6. The van der Waals surface area contributed by atoms with E-state index in [9.17, 15) is 0 Å². The predicted octanol–water partition coefficient (Wildman–Crippen LogP) is 9.20. The molecule has 0 aliphatic heterocycles. The summed E-state index contributed by atoms with van der Waals surface area (Å²) in [5.41, 5.74) is 10.3. The van der Waals surface area contributed by atoms with Crippen LogP contribution in [0.5, 0.6) is 0 Å². The van der Waals surface area contributed by atoms with Crippen molar-refractivity contribution in [2.24, 2.45) is 0 Å². The van der Waals surface area contributed by atoms with Crippen molar-refractivity contribution in [3.05, 3.63) is 77.0 Å². The molecular weight excluding hydrogens is 518 g/mol. The predicted molar refractivity (Wildman–Crippen MR) is 177 cm³/mol. The Labute approximate surface area is 249 Å². The topological polar surface area (TPSA) is 69.8 Å². The number of benzene rings is 1. The molecule has 0 aliphatic rings. The van der Waals surface area contributed by atoms with Gasteiger partial charge in [0.15, 0.2) is 5.13 Å². The number of hydrogen-bond acceptors (Lipinski definition) is 7. The number of rotatable bonds is 17. The molecule has 0 spiro atoms. The number of nitrogens with two attached hydrogens (primary N) is 1. The van der Waals surface area contributed by atoms with Gasteiger partial charge in [0, 0.05) is 24.2 Å². The second-order valence-electron chi connectivity index (χ2n) is 7.87. The second kappa shape index (κ2) is 27.9. The average Bonchev–Trinajstić information content (AvgIpc) is 3.46. The summed E-state index contributed by atoms with van der Waals surface area (Å²) < 4.78 is 16.8. The van der Waals surface area contributed by atoms with Crippen molar-refractivity contribution in [3.63, 3.8) is 0 Å². The lowest BCUT2D eigenvalue weighted by Gasteiger charge is -2.23. The molecule has 1 aromatic heterocycles. The normalized spacial score (nSPS) is 10.7. The summed E-state index contributed by atoms with van der Waals surface area (Å²) >= 11 is 1.65. The van der Waals surface area contributed by atoms with Gasteiger partial charge in [0.2, 0.25) is 0 Å². The summed E-state index contributed by atoms with van der Waals surface area (Å²) in [6.45, 7) is 26.1. The van der Waals surface area contributed by atoms with E-state index in [1.54, 1.807) is 17.4 Å². The van der Waals surface area contributed by atoms with Crippen LogP contribution in [0.1, 0.15) is 86.4 Å². The van der Waals surface area contributed by atoms with Crippen LogP contribution >= 0.6 is 11.3 Å². The van der Waals surface area contributed by atoms with Crippen LogP contribution < -0.4 is 10.6 Å². The Bertz CT molecular complexity index is 925. The number of nitrogen functional groups attached to an aromatic ring is 1. The highest BCUT2D eigenvalue weighted by Gasteiger charge is 2.14. The van der Waals surface area contributed by atoms with E-state index in [0.29, 0.717) is 33.0 Å². The summed E-state index contributed by atoms with van der Waals surface area (Å²) in [6.07, 6.45) is 7.90. The van der Waals surface area contributed by atoms with Crippen molar-refractivity contribution >= 4 is 22.2 Å². The van der Waals surface area contributed by atoms with E-state index in [0.717, 1.165) is 48.2 Å². The van der Waals surface area contributed by atoms with Crippen LogP contribution in [0.4, 0.5) is 10.8 Å². The number of nitrogens with zero attached hydrogens (tertiary/aromatic N) is 2. The summed E-state index contributed by atoms with van der Waals surface area (Å²) in [5, 5.41) is 3.06. The zero-order valence-corrected chi connectivity index (χ0v) is 27.6. The molecule has 6 nitrogen and oxygen atoms in total. The third-order valence-corrected chi connectivity index (χ3v) is 5.96. The molecule has 1 heterocycles. The summed E-state index contributed by atoms with van der Waals surface area (Å²) in [5.74, 6) is 0.829. The van der Waals surface area contributed by atoms with Gasteiger partial charge in [-0.1, -0.05) is 91.8 Å². The minimum atomic E-state index is 0.467. The van der Waals surface area contributed by atoms with Gasteiger partial charge in [0.1, 0.15) is 6.61 Å². The first-order valence-corrected chi connectivity index (χ1v) is 15.7. The molecule has 2 rings (SSSR count). The fourth-order valence-corrected chi connectivity index (χ4v) is 4.15. The molecular formula is C33H57N3O3S. The van der Waals surface area contributed by atoms with E-state index < -0.39 is 0 Å². The Balaban J connectivity index is 0. The Morgan fingerprint density at radius 3 is 2.33 bits per heavy atom. The zero-order chi connectivity index (χ0) is 30.6. The van der Waals surface area contributed by atoms with E-state index in [1.165, 1.54) is 11.1 Å². The maximum Gasteiger partial charge on any atom is 0.186 e. The standard InChI is InChI=1S/C27H39N3O3S.3C2H6/c1-5-9-22(4)33-16-15-31-13-14-32-20-26-21-34-27(29-26)30(18-23(7-3)10-6-2)19-24-11-8-12-25(28)17-24;3*1-2/h5,8-12,17,21H,1,6-7,13-16,18-20,28H2,2-4H3;3*1-2H3/b22-9+,23-10+;;;. The van der Waals surface area contributed by atoms with Crippen molar-refractivity contribution in [2.45, 2.75) is 88.3 Å². The molecule has 2 N–H and O–H groups in total. The maximum absolute atomic E-state index is 6.00. The highest BCUT2D eigenvalue weighted by atomic mass is 32.1. The summed E-state index contributed by atoms with van der Waals surface area (Å²) in [7, 11) is 0. The SMILES string of the molecule is C=C/C=C(\C)OCCOCCOCc1csc(N(C/C(=C/CC)CC)Cc2cccc(N)c2)n1.CC.CC.CC. The fraction of sp³-hybridized carbons (Fsp3) is 0.545. The number of allylic oxidation sites excluding steroid dienone is 4. The van der Waals surface area contributed by atoms with Crippen LogP contribution in [0, 0.1) is 0 Å². The van der Waals surface area contributed by atoms with Crippen LogP contribution in [0.25, 0.3) is 0 Å². The second-order valence-corrected chi connectivity index (χ2v) is 8.71. The average molecular weight is 576 g/mol. The molecule has 0 saturated carbocycles. The minimum Gasteiger partial charge on any atom is -0.496 e. The van der Waals surface area contributed by atoms with E-state index in [4.69, 9.17) is 24.9 Å². The van der Waals surface area contributed by atoms with Gasteiger partial charge in [-0.05, 0) is 43.5 Å². The quantitative estimate of drug-likeness (QED) is 0.0666. The molecule has 0 aliphatic carbocycles. The van der Waals surface area contributed by atoms with Gasteiger partial charge in [-0.15, -0.1) is 11.3 Å². The number of anilines is 2. The smallest absolute Gasteiger partial charge is 0.186 e. The molecule has 40 heavy (non-hydrogen) atoms. The van der Waals surface area contributed by atoms with Crippen molar-refractivity contribution < 1.29 is 14.2 Å². The lowest BCUT2D eigenvalue weighted by molar-refractivity contribution is 0.0215. The lowest BCUT2D eigenvalue weighted by atomic mass is 10.1. The van der Waals surface area contributed by atoms with Gasteiger partial charge in [-0.3, -0.25) is 0 Å². The number of hydrogen-bond donors (Lipinski definition) is 1. The van der Waals surface area contributed by atoms with Crippen LogP contribution in [-0.4, -0.2) is 38.0 Å². The van der Waals surface area contributed by atoms with E-state index >= 15 is 0 Å². The molecule has 0 atom stereocenters. The van der Waals surface area contributed by atoms with E-state index in [-0.39, 0.29) is 0 Å². The molecule has 0 radical (unpaired) electrons. The van der Waals surface area contributed by atoms with Gasteiger partial charge in [0.25, 0.3) is 0 Å². The number of aromatic nitrogens is 1. The van der Waals surface area contributed by atoms with Crippen LogP contribution in [-0.2, 0) is 27.4 Å². The van der Waals surface area contributed by atoms with Crippen LogP contribution in [0.15, 0.2) is 65.8 Å². The molecule has 0 unspecified atom stereocenters. The van der Waals surface area contributed by atoms with Crippen molar-refractivity contribution in [1.82, 2.24) is 4.98 Å². The molecule has 1 aromatic carbocycles. The first kappa shape index (κ1) is 39.5. The Morgan fingerprint density at radius 1 is 1.02 bits per heavy atom. The van der Waals surface area contributed by atoms with Crippen LogP contribution in [0.2, 0.25) is 0 Å². The van der Waals surface area contributed by atoms with E-state index in [2.05, 4.69) is 42.8 Å². The Morgan fingerprint density at radius 2 is 1.70 bits per heavy atom. The van der Waals surface area contributed by atoms with Crippen molar-refractivity contribution in [2.75, 3.05) is 43.6 Å². The summed E-state index contributed by atoms with van der Waals surface area (Å²) in [4.78, 5) is 7.17.